The first kappa shape index (κ1) is 21.3. The van der Waals surface area contributed by atoms with Gasteiger partial charge in [-0.1, -0.05) is 49.2 Å². The highest BCUT2D eigenvalue weighted by molar-refractivity contribution is 6.02. The summed E-state index contributed by atoms with van der Waals surface area (Å²) < 4.78 is 11.8. The highest BCUT2D eigenvalue weighted by Gasteiger charge is 2.20. The molecule has 168 valence electrons. The monoisotopic (exact) mass is 439 g/mol. The van der Waals surface area contributed by atoms with Gasteiger partial charge in [-0.25, -0.2) is 0 Å². The predicted octanol–water partition coefficient (Wildman–Crippen LogP) is 7.03. The summed E-state index contributed by atoms with van der Waals surface area (Å²) in [6, 6.07) is 17.2. The third-order valence-electron chi connectivity index (χ3n) is 6.78. The normalized spacial score (nSPS) is 14.8. The number of carbonyl (C=O) groups excluding carboxylic acids is 1. The number of fused-ring (bicyclic) bond motifs is 2. The summed E-state index contributed by atoms with van der Waals surface area (Å²) in [6.07, 6.45) is 8.02. The predicted molar refractivity (Wildman–Crippen MR) is 134 cm³/mol. The molecule has 0 aliphatic heterocycles. The number of hydrogen-bond acceptors (Lipinski definition) is 3. The topological polar surface area (TPSA) is 51.5 Å². The number of nitrogens with one attached hydrogen (secondary N) is 1. The number of rotatable bonds is 5. The first-order valence-corrected chi connectivity index (χ1v) is 11.6. The fraction of sp³-hybridized carbons (Fsp3) is 0.276. The lowest BCUT2D eigenvalue weighted by molar-refractivity contribution is -0.117. The van der Waals surface area contributed by atoms with E-state index in [4.69, 9.17) is 9.15 Å². The Bertz CT molecular complexity index is 1370. The standard InChI is InChI=1S/C29H29NO3/c1-18(14-27(31)30-23-10-6-7-11-23)24-16-25-26(17-33-29(25)19(2)28(24)32-3)22-13-12-20-8-4-5-9-21(20)15-22/h4-5,8-9,12-17,23H,6-7,10-11H2,1-3H3,(H,30,31)/b18-14+. The van der Waals surface area contributed by atoms with E-state index in [2.05, 4.69) is 53.8 Å². The number of allylic oxidation sites excluding steroid dienone is 1. The smallest absolute Gasteiger partial charge is 0.244 e. The van der Waals surface area contributed by atoms with Gasteiger partial charge in [0, 0.05) is 34.2 Å². The molecule has 1 aromatic heterocycles. The Kier molecular flexibility index (Phi) is 5.67. The Hall–Kier alpha value is -3.53. The fourth-order valence-corrected chi connectivity index (χ4v) is 5.04. The van der Waals surface area contributed by atoms with Crippen molar-refractivity contribution in [2.75, 3.05) is 7.11 Å². The summed E-state index contributed by atoms with van der Waals surface area (Å²) in [4.78, 5) is 12.6. The molecule has 0 spiro atoms. The zero-order valence-corrected chi connectivity index (χ0v) is 19.4. The van der Waals surface area contributed by atoms with Crippen LogP contribution in [0, 0.1) is 6.92 Å². The largest absolute Gasteiger partial charge is 0.496 e. The van der Waals surface area contributed by atoms with E-state index in [-0.39, 0.29) is 5.91 Å². The molecular formula is C29H29NO3. The van der Waals surface area contributed by atoms with Gasteiger partial charge in [0.15, 0.2) is 0 Å². The average Bonchev–Trinajstić information content (AvgIpc) is 3.48. The van der Waals surface area contributed by atoms with Gasteiger partial charge in [-0.05, 0) is 60.7 Å². The molecule has 0 unspecified atom stereocenters. The maximum atomic E-state index is 12.6. The average molecular weight is 440 g/mol. The van der Waals surface area contributed by atoms with Gasteiger partial charge < -0.3 is 14.5 Å². The molecule has 1 amide bonds. The van der Waals surface area contributed by atoms with Crippen molar-refractivity contribution in [2.45, 2.75) is 45.6 Å². The van der Waals surface area contributed by atoms with Crippen LogP contribution in [-0.4, -0.2) is 19.1 Å². The molecule has 1 N–H and O–H groups in total. The number of ether oxygens (including phenoxy) is 1. The van der Waals surface area contributed by atoms with Gasteiger partial charge in [-0.2, -0.15) is 0 Å². The third-order valence-corrected chi connectivity index (χ3v) is 6.78. The summed E-state index contributed by atoms with van der Waals surface area (Å²) in [5, 5.41) is 6.56. The van der Waals surface area contributed by atoms with Crippen molar-refractivity contribution in [2.24, 2.45) is 0 Å². The number of carbonyl (C=O) groups is 1. The quantitative estimate of drug-likeness (QED) is 0.340. The first-order valence-electron chi connectivity index (χ1n) is 11.6. The van der Waals surface area contributed by atoms with Gasteiger partial charge in [0.25, 0.3) is 0 Å². The highest BCUT2D eigenvalue weighted by Crippen LogP contribution is 2.41. The summed E-state index contributed by atoms with van der Waals surface area (Å²) in [6.45, 7) is 3.97. The van der Waals surface area contributed by atoms with Gasteiger partial charge >= 0.3 is 0 Å². The summed E-state index contributed by atoms with van der Waals surface area (Å²) in [5.41, 5.74) is 5.66. The molecule has 0 radical (unpaired) electrons. The molecular weight excluding hydrogens is 410 g/mol. The number of furan rings is 1. The van der Waals surface area contributed by atoms with E-state index >= 15 is 0 Å². The molecule has 1 aliphatic rings. The zero-order valence-electron chi connectivity index (χ0n) is 19.4. The van der Waals surface area contributed by atoms with E-state index in [1.807, 2.05) is 20.1 Å². The molecule has 0 atom stereocenters. The van der Waals surface area contributed by atoms with Crippen molar-refractivity contribution in [3.63, 3.8) is 0 Å². The second kappa shape index (κ2) is 8.78. The Morgan fingerprint density at radius 2 is 1.85 bits per heavy atom. The molecule has 1 saturated carbocycles. The van der Waals surface area contributed by atoms with E-state index in [0.29, 0.717) is 6.04 Å². The molecule has 4 heteroatoms. The zero-order chi connectivity index (χ0) is 22.9. The molecule has 33 heavy (non-hydrogen) atoms. The van der Waals surface area contributed by atoms with Crippen molar-refractivity contribution >= 4 is 33.2 Å². The Morgan fingerprint density at radius 3 is 2.61 bits per heavy atom. The van der Waals surface area contributed by atoms with Crippen LogP contribution in [0.25, 0.3) is 38.4 Å². The van der Waals surface area contributed by atoms with Crippen molar-refractivity contribution in [3.8, 4) is 16.9 Å². The van der Waals surface area contributed by atoms with Gasteiger partial charge in [-0.3, -0.25) is 4.79 Å². The van der Waals surface area contributed by atoms with Crippen LogP contribution in [0.15, 0.2) is 65.3 Å². The van der Waals surface area contributed by atoms with Gasteiger partial charge in [-0.15, -0.1) is 0 Å². The maximum absolute atomic E-state index is 12.6. The summed E-state index contributed by atoms with van der Waals surface area (Å²) in [7, 11) is 1.66. The molecule has 3 aromatic carbocycles. The van der Waals surface area contributed by atoms with Crippen LogP contribution >= 0.6 is 0 Å². The van der Waals surface area contributed by atoms with Gasteiger partial charge in [0.05, 0.1) is 13.4 Å². The van der Waals surface area contributed by atoms with Crippen LogP contribution in [0.3, 0.4) is 0 Å². The minimum atomic E-state index is -0.0406. The SMILES string of the molecule is COc1c(/C(C)=C/C(=O)NC2CCCC2)cc2c(-c3ccc4ccccc4c3)coc2c1C. The molecule has 1 heterocycles. The molecule has 1 aliphatic carbocycles. The molecule has 5 rings (SSSR count). The Morgan fingerprint density at radius 1 is 1.09 bits per heavy atom. The lowest BCUT2D eigenvalue weighted by Crippen LogP contribution is -2.31. The van der Waals surface area contributed by atoms with Crippen molar-refractivity contribution in [3.05, 3.63) is 72.0 Å². The van der Waals surface area contributed by atoms with Crippen LogP contribution in [0.4, 0.5) is 0 Å². The molecule has 0 saturated heterocycles. The van der Waals surface area contributed by atoms with Crippen LogP contribution in [0.1, 0.15) is 43.7 Å². The Balaban J connectivity index is 1.58. The van der Waals surface area contributed by atoms with Crippen LogP contribution in [0.5, 0.6) is 5.75 Å². The van der Waals surface area contributed by atoms with Crippen molar-refractivity contribution < 1.29 is 13.9 Å². The van der Waals surface area contributed by atoms with Crippen LogP contribution in [-0.2, 0) is 4.79 Å². The van der Waals surface area contributed by atoms with Crippen molar-refractivity contribution in [1.29, 1.82) is 0 Å². The fourth-order valence-electron chi connectivity index (χ4n) is 5.04. The number of amides is 1. The molecule has 4 aromatic rings. The number of aryl methyl sites for hydroxylation is 1. The maximum Gasteiger partial charge on any atom is 0.244 e. The first-order chi connectivity index (χ1) is 16.0. The summed E-state index contributed by atoms with van der Waals surface area (Å²) in [5.74, 6) is 0.700. The van der Waals surface area contributed by atoms with Gasteiger partial charge in [0.2, 0.25) is 5.91 Å². The number of methoxy groups -OCH3 is 1. The lowest BCUT2D eigenvalue weighted by atomic mass is 9.95. The number of benzene rings is 3. The van der Waals surface area contributed by atoms with Gasteiger partial charge in [0.1, 0.15) is 11.3 Å². The molecule has 1 fully saturated rings. The van der Waals surface area contributed by atoms with E-state index in [1.165, 1.54) is 23.6 Å². The minimum Gasteiger partial charge on any atom is -0.496 e. The highest BCUT2D eigenvalue weighted by atomic mass is 16.5. The van der Waals surface area contributed by atoms with E-state index in [0.717, 1.165) is 57.4 Å². The molecule has 0 bridgehead atoms. The Labute approximate surface area is 194 Å². The lowest BCUT2D eigenvalue weighted by Gasteiger charge is -2.14. The third kappa shape index (κ3) is 4.02. The van der Waals surface area contributed by atoms with Crippen LogP contribution in [0.2, 0.25) is 0 Å². The minimum absolute atomic E-state index is 0.0406. The second-order valence-electron chi connectivity index (χ2n) is 8.99. The van der Waals surface area contributed by atoms with Crippen molar-refractivity contribution in [1.82, 2.24) is 5.32 Å². The molecule has 4 nitrogen and oxygen atoms in total. The van der Waals surface area contributed by atoms with E-state index in [1.54, 1.807) is 13.2 Å². The van der Waals surface area contributed by atoms with E-state index in [9.17, 15) is 4.79 Å². The second-order valence-corrected chi connectivity index (χ2v) is 8.99. The van der Waals surface area contributed by atoms with E-state index < -0.39 is 0 Å². The van der Waals surface area contributed by atoms with Crippen LogP contribution < -0.4 is 10.1 Å². The number of hydrogen-bond donors (Lipinski definition) is 1. The summed E-state index contributed by atoms with van der Waals surface area (Å²) >= 11 is 0.